The Kier molecular flexibility index (Phi) is 6.39. The van der Waals surface area contributed by atoms with E-state index in [9.17, 15) is 9.59 Å². The molecule has 1 aromatic carbocycles. The molecule has 0 saturated carbocycles. The highest BCUT2D eigenvalue weighted by Crippen LogP contribution is 2.33. The molecule has 4 rings (SSSR count). The predicted octanol–water partition coefficient (Wildman–Crippen LogP) is 5.22. The molecule has 0 radical (unpaired) electrons. The van der Waals surface area contributed by atoms with Gasteiger partial charge < -0.3 is 13.6 Å². The lowest BCUT2D eigenvalue weighted by Crippen LogP contribution is -2.31. The number of carbonyl (C=O) groups excluding carboxylic acids is 2. The Morgan fingerprint density at radius 2 is 2.03 bits per heavy atom. The van der Waals surface area contributed by atoms with E-state index in [2.05, 4.69) is 21.0 Å². The number of carbonyl (C=O) groups is 2. The van der Waals surface area contributed by atoms with Gasteiger partial charge in [0.05, 0.1) is 12.0 Å². The van der Waals surface area contributed by atoms with E-state index in [1.807, 2.05) is 12.1 Å². The molecule has 3 heterocycles. The third-order valence-electron chi connectivity index (χ3n) is 4.53. The van der Waals surface area contributed by atoms with Gasteiger partial charge in [-0.15, -0.1) is 0 Å². The van der Waals surface area contributed by atoms with Crippen molar-refractivity contribution in [1.29, 1.82) is 0 Å². The Morgan fingerprint density at radius 1 is 1.23 bits per heavy atom. The first-order valence-electron chi connectivity index (χ1n) is 9.28. The van der Waals surface area contributed by atoms with Crippen LogP contribution in [0.1, 0.15) is 29.5 Å². The van der Waals surface area contributed by atoms with Gasteiger partial charge in [-0.3, -0.25) is 4.79 Å². The van der Waals surface area contributed by atoms with Crippen molar-refractivity contribution >= 4 is 51.2 Å². The van der Waals surface area contributed by atoms with Gasteiger partial charge in [-0.25, -0.2) is 9.80 Å². The maximum absolute atomic E-state index is 12.8. The zero-order valence-electron chi connectivity index (χ0n) is 16.0. The number of nitrogens with zero attached hydrogens (tertiary/aromatic N) is 2. The van der Waals surface area contributed by atoms with Crippen LogP contribution in [0.3, 0.4) is 0 Å². The second-order valence-corrected chi connectivity index (χ2v) is 7.83. The SMILES string of the molecule is O=C(/C=C/c1ccc(Br)o1)OCC(=O)N1N=C(c2ccc(Cl)cc2)CC1c1ccco1. The highest BCUT2D eigenvalue weighted by Gasteiger charge is 2.35. The molecule has 0 saturated heterocycles. The van der Waals surface area contributed by atoms with Crippen molar-refractivity contribution in [3.05, 3.63) is 87.6 Å². The number of furan rings is 2. The second-order valence-electron chi connectivity index (χ2n) is 6.61. The van der Waals surface area contributed by atoms with Crippen LogP contribution in [0, 0.1) is 0 Å². The molecule has 0 fully saturated rings. The normalized spacial score (nSPS) is 16.0. The number of benzene rings is 1. The smallest absolute Gasteiger partial charge is 0.331 e. The van der Waals surface area contributed by atoms with Crippen molar-refractivity contribution < 1.29 is 23.2 Å². The summed E-state index contributed by atoms with van der Waals surface area (Å²) in [5.41, 5.74) is 1.56. The third-order valence-corrected chi connectivity index (χ3v) is 5.21. The van der Waals surface area contributed by atoms with Crippen molar-refractivity contribution in [2.45, 2.75) is 12.5 Å². The van der Waals surface area contributed by atoms with Gasteiger partial charge in [0.2, 0.25) is 0 Å². The van der Waals surface area contributed by atoms with E-state index in [4.69, 9.17) is 25.2 Å². The number of rotatable bonds is 6. The molecule has 1 unspecified atom stereocenters. The van der Waals surface area contributed by atoms with Crippen molar-refractivity contribution in [3.63, 3.8) is 0 Å². The van der Waals surface area contributed by atoms with Gasteiger partial charge in [-0.1, -0.05) is 23.7 Å². The van der Waals surface area contributed by atoms with Gasteiger partial charge in [0.25, 0.3) is 5.91 Å². The molecule has 2 aromatic heterocycles. The number of hydrogen-bond donors (Lipinski definition) is 0. The lowest BCUT2D eigenvalue weighted by Gasteiger charge is -2.19. The zero-order chi connectivity index (χ0) is 21.8. The number of hydrazone groups is 1. The minimum Gasteiger partial charge on any atom is -0.467 e. The van der Waals surface area contributed by atoms with Gasteiger partial charge in [0, 0.05) is 17.5 Å². The summed E-state index contributed by atoms with van der Waals surface area (Å²) in [6.45, 7) is -0.459. The van der Waals surface area contributed by atoms with Gasteiger partial charge in [-0.05, 0) is 64.0 Å². The summed E-state index contributed by atoms with van der Waals surface area (Å²) in [5, 5.41) is 6.37. The van der Waals surface area contributed by atoms with Crippen LogP contribution in [0.15, 0.2) is 79.5 Å². The molecule has 0 aliphatic carbocycles. The van der Waals surface area contributed by atoms with E-state index in [0.717, 1.165) is 5.56 Å². The molecular weight excluding hydrogens is 488 g/mol. The summed E-state index contributed by atoms with van der Waals surface area (Å²) in [7, 11) is 0. The molecule has 0 N–H and O–H groups in total. The molecule has 0 bridgehead atoms. The molecule has 1 aliphatic heterocycles. The van der Waals surface area contributed by atoms with Gasteiger partial charge >= 0.3 is 5.97 Å². The third kappa shape index (κ3) is 5.15. The Morgan fingerprint density at radius 3 is 2.71 bits per heavy atom. The Hall–Kier alpha value is -3.10. The fourth-order valence-corrected chi connectivity index (χ4v) is 3.52. The first-order chi connectivity index (χ1) is 15.0. The number of amides is 1. The fraction of sp³-hybridized carbons (Fsp3) is 0.136. The topological polar surface area (TPSA) is 85.2 Å². The Bertz CT molecular complexity index is 1140. The van der Waals surface area contributed by atoms with Crippen molar-refractivity contribution in [3.8, 4) is 0 Å². The molecule has 1 atom stereocenters. The molecule has 9 heteroatoms. The molecular formula is C22H16BrClN2O5. The standard InChI is InChI=1S/C22H16BrClN2O5/c23-20-9-7-16(31-20)8-10-22(28)30-13-21(27)26-18(19-2-1-11-29-19)12-17(25-26)14-3-5-15(24)6-4-14/h1-11,18H,12-13H2/b10-8+. The average Bonchev–Trinajstić information content (AvgIpc) is 3.51. The average molecular weight is 504 g/mol. The molecule has 0 spiro atoms. The minimum atomic E-state index is -0.670. The van der Waals surface area contributed by atoms with E-state index >= 15 is 0 Å². The molecule has 31 heavy (non-hydrogen) atoms. The Balaban J connectivity index is 1.45. The summed E-state index contributed by atoms with van der Waals surface area (Å²) in [5.74, 6) is -0.0650. The summed E-state index contributed by atoms with van der Waals surface area (Å²) in [6, 6.07) is 13.7. The second kappa shape index (κ2) is 9.36. The van der Waals surface area contributed by atoms with Crippen LogP contribution in [0.2, 0.25) is 5.02 Å². The predicted molar refractivity (Wildman–Crippen MR) is 117 cm³/mol. The molecule has 1 aliphatic rings. The number of halogens is 2. The monoisotopic (exact) mass is 502 g/mol. The van der Waals surface area contributed by atoms with Crippen LogP contribution in [0.5, 0.6) is 0 Å². The Labute approximate surface area is 191 Å². The maximum Gasteiger partial charge on any atom is 0.331 e. The summed E-state index contributed by atoms with van der Waals surface area (Å²) >= 11 is 9.14. The lowest BCUT2D eigenvalue weighted by molar-refractivity contribution is -0.149. The van der Waals surface area contributed by atoms with Gasteiger partial charge in [0.1, 0.15) is 17.6 Å². The highest BCUT2D eigenvalue weighted by atomic mass is 79.9. The molecule has 3 aromatic rings. The number of ether oxygens (including phenoxy) is 1. The van der Waals surface area contributed by atoms with E-state index in [1.165, 1.54) is 23.4 Å². The van der Waals surface area contributed by atoms with Gasteiger partial charge in [-0.2, -0.15) is 5.10 Å². The number of hydrogen-bond acceptors (Lipinski definition) is 6. The summed E-state index contributed by atoms with van der Waals surface area (Å²) < 4.78 is 16.4. The van der Waals surface area contributed by atoms with Crippen molar-refractivity contribution in [2.24, 2.45) is 5.10 Å². The summed E-state index contributed by atoms with van der Waals surface area (Å²) in [6.07, 6.45) is 4.64. The van der Waals surface area contributed by atoms with E-state index < -0.39 is 24.5 Å². The van der Waals surface area contributed by atoms with Crippen LogP contribution in [0.25, 0.3) is 6.08 Å². The van der Waals surface area contributed by atoms with Crippen LogP contribution in [-0.2, 0) is 14.3 Å². The number of esters is 1. The van der Waals surface area contributed by atoms with Crippen LogP contribution in [-0.4, -0.2) is 29.2 Å². The first kappa shape index (κ1) is 21.1. The summed E-state index contributed by atoms with van der Waals surface area (Å²) in [4.78, 5) is 24.8. The minimum absolute atomic E-state index is 0.428. The molecule has 1 amide bonds. The van der Waals surface area contributed by atoms with E-state index in [0.29, 0.717) is 33.3 Å². The largest absolute Gasteiger partial charge is 0.467 e. The first-order valence-corrected chi connectivity index (χ1v) is 10.5. The van der Waals surface area contributed by atoms with Crippen LogP contribution >= 0.6 is 27.5 Å². The highest BCUT2D eigenvalue weighted by molar-refractivity contribution is 9.10. The lowest BCUT2D eigenvalue weighted by atomic mass is 10.0. The fourth-order valence-electron chi connectivity index (χ4n) is 3.07. The van der Waals surface area contributed by atoms with Crippen molar-refractivity contribution in [2.75, 3.05) is 6.61 Å². The molecule has 7 nitrogen and oxygen atoms in total. The van der Waals surface area contributed by atoms with E-state index in [1.54, 1.807) is 36.4 Å². The van der Waals surface area contributed by atoms with Crippen molar-refractivity contribution in [1.82, 2.24) is 5.01 Å². The maximum atomic E-state index is 12.8. The van der Waals surface area contributed by atoms with Crippen LogP contribution < -0.4 is 0 Å². The van der Waals surface area contributed by atoms with Crippen LogP contribution in [0.4, 0.5) is 0 Å². The zero-order valence-corrected chi connectivity index (χ0v) is 18.4. The van der Waals surface area contributed by atoms with E-state index in [-0.39, 0.29) is 0 Å². The molecule has 158 valence electrons. The quantitative estimate of drug-likeness (QED) is 0.340. The van der Waals surface area contributed by atoms with Gasteiger partial charge in [0.15, 0.2) is 11.3 Å².